The Kier molecular flexibility index (Phi) is 4.68. The minimum atomic E-state index is -0.101. The predicted octanol–water partition coefficient (Wildman–Crippen LogP) is 2.25. The molecular weight excluding hydrogens is 328 g/mol. The number of fused-ring (bicyclic) bond motifs is 2. The summed E-state index contributed by atoms with van der Waals surface area (Å²) in [6.45, 7) is 0.269. The van der Waals surface area contributed by atoms with Crippen molar-refractivity contribution < 1.29 is 9.59 Å². The Labute approximate surface area is 153 Å². The predicted molar refractivity (Wildman–Crippen MR) is 102 cm³/mol. The van der Waals surface area contributed by atoms with Gasteiger partial charge in [0.2, 0.25) is 11.8 Å². The molecular formula is C20H26N4O2. The smallest absolute Gasteiger partial charge is 0.241 e. The molecule has 0 radical (unpaired) electrons. The van der Waals surface area contributed by atoms with E-state index >= 15 is 0 Å². The van der Waals surface area contributed by atoms with Crippen molar-refractivity contribution in [1.29, 1.82) is 0 Å². The van der Waals surface area contributed by atoms with E-state index in [2.05, 4.69) is 16.0 Å². The van der Waals surface area contributed by atoms with Crippen molar-refractivity contribution in [3.63, 3.8) is 0 Å². The Morgan fingerprint density at radius 2 is 2.08 bits per heavy atom. The molecule has 1 aromatic carbocycles. The van der Waals surface area contributed by atoms with E-state index in [1.807, 2.05) is 35.0 Å². The zero-order chi connectivity index (χ0) is 18.1. The van der Waals surface area contributed by atoms with Crippen molar-refractivity contribution in [3.05, 3.63) is 30.5 Å². The third-order valence-corrected chi connectivity index (χ3v) is 5.81. The van der Waals surface area contributed by atoms with Gasteiger partial charge in [-0.1, -0.05) is 18.9 Å². The fourth-order valence-electron chi connectivity index (χ4n) is 4.38. The number of hydrogen-bond acceptors (Lipinski definition) is 3. The van der Waals surface area contributed by atoms with Crippen LogP contribution in [-0.4, -0.2) is 35.5 Å². The summed E-state index contributed by atoms with van der Waals surface area (Å²) in [4.78, 5) is 24.4. The molecule has 6 nitrogen and oxygen atoms in total. The monoisotopic (exact) mass is 354 g/mol. The third kappa shape index (κ3) is 3.33. The molecule has 3 unspecified atom stereocenters. The number of nitrogens with one attached hydrogen (secondary N) is 3. The molecule has 1 saturated carbocycles. The molecule has 2 fully saturated rings. The third-order valence-electron chi connectivity index (χ3n) is 5.81. The van der Waals surface area contributed by atoms with Gasteiger partial charge in [0.1, 0.15) is 6.54 Å². The van der Waals surface area contributed by atoms with Gasteiger partial charge in [0.25, 0.3) is 0 Å². The number of amides is 2. The number of anilines is 1. The van der Waals surface area contributed by atoms with Crippen LogP contribution in [-0.2, 0) is 16.1 Å². The highest BCUT2D eigenvalue weighted by atomic mass is 16.2. The first-order chi connectivity index (χ1) is 12.6. The van der Waals surface area contributed by atoms with Gasteiger partial charge in [-0.05, 0) is 48.8 Å². The van der Waals surface area contributed by atoms with E-state index in [1.165, 1.54) is 25.7 Å². The summed E-state index contributed by atoms with van der Waals surface area (Å²) in [7, 11) is 1.63. The van der Waals surface area contributed by atoms with Gasteiger partial charge < -0.3 is 20.5 Å². The summed E-state index contributed by atoms with van der Waals surface area (Å²) < 4.78 is 1.90. The van der Waals surface area contributed by atoms with Crippen LogP contribution in [0.2, 0.25) is 0 Å². The molecule has 2 heterocycles. The molecule has 1 aromatic heterocycles. The number of rotatable bonds is 4. The van der Waals surface area contributed by atoms with Gasteiger partial charge in [-0.15, -0.1) is 0 Å². The second-order valence-electron chi connectivity index (χ2n) is 7.49. The molecule has 3 N–H and O–H groups in total. The van der Waals surface area contributed by atoms with E-state index in [0.29, 0.717) is 12.0 Å². The van der Waals surface area contributed by atoms with Crippen molar-refractivity contribution in [1.82, 2.24) is 15.2 Å². The molecule has 2 aliphatic rings. The maximum atomic E-state index is 12.7. The van der Waals surface area contributed by atoms with Crippen LogP contribution in [0.5, 0.6) is 0 Å². The number of carbonyl (C=O) groups is 2. The molecule has 1 aliphatic heterocycles. The summed E-state index contributed by atoms with van der Waals surface area (Å²) >= 11 is 0. The minimum absolute atomic E-state index is 0.0446. The second kappa shape index (κ2) is 7.11. The number of aromatic nitrogens is 1. The standard InChI is InChI=1S/C20H26N4O2/c1-21-19(25)12-24-9-8-13-6-7-15(11-18(13)24)22-20(26)17-10-14-4-2-3-5-16(14)23-17/h6-9,11,14,16-17,23H,2-5,10,12H2,1H3,(H,21,25)(H,22,26). The summed E-state index contributed by atoms with van der Waals surface area (Å²) in [5, 5.41) is 10.3. The first-order valence-corrected chi connectivity index (χ1v) is 9.50. The van der Waals surface area contributed by atoms with Crippen LogP contribution >= 0.6 is 0 Å². The van der Waals surface area contributed by atoms with Crippen molar-refractivity contribution in [2.24, 2.45) is 5.92 Å². The first-order valence-electron chi connectivity index (χ1n) is 9.50. The Balaban J connectivity index is 1.47. The molecule has 0 spiro atoms. The van der Waals surface area contributed by atoms with E-state index in [4.69, 9.17) is 0 Å². The van der Waals surface area contributed by atoms with Gasteiger partial charge in [0, 0.05) is 25.0 Å². The van der Waals surface area contributed by atoms with Crippen molar-refractivity contribution in [2.75, 3.05) is 12.4 Å². The summed E-state index contributed by atoms with van der Waals surface area (Å²) in [6, 6.07) is 8.23. The average Bonchev–Trinajstić information content (AvgIpc) is 3.26. The Hall–Kier alpha value is -2.34. The van der Waals surface area contributed by atoms with Gasteiger partial charge in [-0.3, -0.25) is 9.59 Å². The summed E-state index contributed by atoms with van der Waals surface area (Å²) in [5.41, 5.74) is 1.72. The van der Waals surface area contributed by atoms with E-state index in [0.717, 1.165) is 23.0 Å². The molecule has 2 aromatic rings. The highest BCUT2D eigenvalue weighted by molar-refractivity contribution is 5.97. The lowest BCUT2D eigenvalue weighted by Crippen LogP contribution is -2.39. The Bertz CT molecular complexity index is 814. The van der Waals surface area contributed by atoms with Gasteiger partial charge in [0.15, 0.2) is 0 Å². The fourth-order valence-corrected chi connectivity index (χ4v) is 4.38. The van der Waals surface area contributed by atoms with E-state index in [9.17, 15) is 9.59 Å². The largest absolute Gasteiger partial charge is 0.358 e. The molecule has 1 aliphatic carbocycles. The number of benzene rings is 1. The number of nitrogens with zero attached hydrogens (tertiary/aromatic N) is 1. The van der Waals surface area contributed by atoms with Gasteiger partial charge in [-0.25, -0.2) is 0 Å². The second-order valence-corrected chi connectivity index (χ2v) is 7.49. The molecule has 26 heavy (non-hydrogen) atoms. The number of carbonyl (C=O) groups excluding carboxylic acids is 2. The molecule has 1 saturated heterocycles. The van der Waals surface area contributed by atoms with Gasteiger partial charge >= 0.3 is 0 Å². The van der Waals surface area contributed by atoms with E-state index in [-0.39, 0.29) is 24.4 Å². The minimum Gasteiger partial charge on any atom is -0.358 e. The van der Waals surface area contributed by atoms with Crippen LogP contribution in [0, 0.1) is 5.92 Å². The number of likely N-dealkylation sites (N-methyl/N-ethyl adjacent to an activating group) is 1. The van der Waals surface area contributed by atoms with Crippen molar-refractivity contribution in [2.45, 2.75) is 50.7 Å². The highest BCUT2D eigenvalue weighted by Crippen LogP contribution is 2.33. The van der Waals surface area contributed by atoms with Crippen LogP contribution in [0.15, 0.2) is 30.5 Å². The quantitative estimate of drug-likeness (QED) is 0.788. The summed E-state index contributed by atoms with van der Waals surface area (Å²) in [5.74, 6) is 0.643. The zero-order valence-corrected chi connectivity index (χ0v) is 15.1. The molecule has 3 atom stereocenters. The van der Waals surface area contributed by atoms with Crippen molar-refractivity contribution in [3.8, 4) is 0 Å². The van der Waals surface area contributed by atoms with Gasteiger partial charge in [0.05, 0.1) is 11.6 Å². The molecule has 6 heteroatoms. The normalized spacial score (nSPS) is 25.0. The SMILES string of the molecule is CNC(=O)Cn1ccc2ccc(NC(=O)C3CC4CCCCC4N3)cc21. The van der Waals surface area contributed by atoms with Crippen LogP contribution in [0.4, 0.5) is 5.69 Å². The average molecular weight is 354 g/mol. The first kappa shape index (κ1) is 17.1. The van der Waals surface area contributed by atoms with E-state index < -0.39 is 0 Å². The lowest BCUT2D eigenvalue weighted by Gasteiger charge is -2.24. The van der Waals surface area contributed by atoms with Crippen molar-refractivity contribution >= 4 is 28.4 Å². The maximum absolute atomic E-state index is 12.7. The molecule has 138 valence electrons. The zero-order valence-electron chi connectivity index (χ0n) is 15.1. The highest BCUT2D eigenvalue weighted by Gasteiger charge is 2.38. The molecule has 0 bridgehead atoms. The maximum Gasteiger partial charge on any atom is 0.241 e. The lowest BCUT2D eigenvalue weighted by atomic mass is 9.85. The van der Waals surface area contributed by atoms with Crippen LogP contribution in [0.1, 0.15) is 32.1 Å². The van der Waals surface area contributed by atoms with Gasteiger partial charge in [-0.2, -0.15) is 0 Å². The Morgan fingerprint density at radius 1 is 1.23 bits per heavy atom. The fraction of sp³-hybridized carbons (Fsp3) is 0.500. The topological polar surface area (TPSA) is 75.2 Å². The lowest BCUT2D eigenvalue weighted by molar-refractivity contribution is -0.121. The Morgan fingerprint density at radius 3 is 2.88 bits per heavy atom. The van der Waals surface area contributed by atoms with Crippen LogP contribution in [0.3, 0.4) is 0 Å². The molecule has 4 rings (SSSR count). The summed E-state index contributed by atoms with van der Waals surface area (Å²) in [6.07, 6.45) is 7.81. The van der Waals surface area contributed by atoms with Crippen LogP contribution in [0.25, 0.3) is 10.9 Å². The van der Waals surface area contributed by atoms with E-state index in [1.54, 1.807) is 7.05 Å². The molecule has 2 amide bonds. The van der Waals surface area contributed by atoms with Crippen LogP contribution < -0.4 is 16.0 Å². The number of hydrogen-bond donors (Lipinski definition) is 3.